The first-order valence-corrected chi connectivity index (χ1v) is 10.6. The number of halogens is 2. The van der Waals surface area contributed by atoms with Gasteiger partial charge in [0.15, 0.2) is 5.96 Å². The van der Waals surface area contributed by atoms with Crippen molar-refractivity contribution < 1.29 is 8.42 Å². The molecule has 142 valence electrons. The third-order valence-electron chi connectivity index (χ3n) is 4.41. The van der Waals surface area contributed by atoms with Gasteiger partial charge < -0.3 is 10.6 Å². The van der Waals surface area contributed by atoms with Gasteiger partial charge in [-0.25, -0.2) is 8.42 Å². The lowest BCUT2D eigenvalue weighted by atomic mass is 9.96. The molecule has 0 amide bonds. The first-order chi connectivity index (χ1) is 11.2. The van der Waals surface area contributed by atoms with Gasteiger partial charge in [-0.3, -0.25) is 4.99 Å². The molecule has 25 heavy (non-hydrogen) atoms. The molecule has 0 aromatic heterocycles. The van der Waals surface area contributed by atoms with E-state index >= 15 is 0 Å². The van der Waals surface area contributed by atoms with Gasteiger partial charge in [0, 0.05) is 36.3 Å². The van der Waals surface area contributed by atoms with Crippen LogP contribution in [0, 0.1) is 0 Å². The molecule has 0 heterocycles. The molecule has 0 saturated heterocycles. The third kappa shape index (κ3) is 7.30. The van der Waals surface area contributed by atoms with Crippen LogP contribution in [0.2, 0.25) is 5.02 Å². The smallest absolute Gasteiger partial charge is 0.191 e. The van der Waals surface area contributed by atoms with Gasteiger partial charge >= 0.3 is 0 Å². The number of nitrogens with one attached hydrogen (secondary N) is 2. The average molecular weight is 500 g/mol. The number of sulfone groups is 1. The van der Waals surface area contributed by atoms with Crippen molar-refractivity contribution >= 4 is 51.4 Å². The molecule has 0 spiro atoms. The molecule has 0 bridgehead atoms. The molecule has 5 nitrogen and oxygen atoms in total. The first-order valence-electron chi connectivity index (χ1n) is 8.15. The van der Waals surface area contributed by atoms with E-state index in [0.29, 0.717) is 12.4 Å². The monoisotopic (exact) mass is 499 g/mol. The van der Waals surface area contributed by atoms with E-state index < -0.39 is 9.84 Å². The van der Waals surface area contributed by atoms with Crippen LogP contribution in [-0.2, 0) is 15.3 Å². The number of guanidine groups is 1. The summed E-state index contributed by atoms with van der Waals surface area (Å²) in [7, 11) is -1.22. The summed E-state index contributed by atoms with van der Waals surface area (Å²) in [5.41, 5.74) is 1.38. The summed E-state index contributed by atoms with van der Waals surface area (Å²) < 4.78 is 22.5. The van der Waals surface area contributed by atoms with Gasteiger partial charge in [-0.05, 0) is 43.9 Å². The average Bonchev–Trinajstić information content (AvgIpc) is 3.30. The summed E-state index contributed by atoms with van der Waals surface area (Å²) in [4.78, 5) is 4.23. The van der Waals surface area contributed by atoms with Gasteiger partial charge in [0.1, 0.15) is 9.84 Å². The van der Waals surface area contributed by atoms with Gasteiger partial charge in [-0.15, -0.1) is 24.0 Å². The fraction of sp³-hybridized carbons (Fsp3) is 0.588. The van der Waals surface area contributed by atoms with Crippen LogP contribution in [-0.4, -0.2) is 46.0 Å². The lowest BCUT2D eigenvalue weighted by Crippen LogP contribution is -2.45. The van der Waals surface area contributed by atoms with Crippen LogP contribution >= 0.6 is 35.6 Å². The second-order valence-electron chi connectivity index (χ2n) is 6.68. The summed E-state index contributed by atoms with van der Waals surface area (Å²) in [6, 6.07) is 8.05. The zero-order chi connectivity index (χ0) is 17.8. The Labute approximate surface area is 173 Å². The molecule has 2 rings (SSSR count). The predicted octanol–water partition coefficient (Wildman–Crippen LogP) is 2.98. The predicted molar refractivity (Wildman–Crippen MR) is 116 cm³/mol. The number of nitrogens with zero attached hydrogens (tertiary/aromatic N) is 1. The minimum Gasteiger partial charge on any atom is -0.356 e. The summed E-state index contributed by atoms with van der Waals surface area (Å²) in [6.07, 6.45) is 4.07. The molecule has 1 aliphatic carbocycles. The molecule has 0 aliphatic heterocycles. The molecule has 0 radical (unpaired) electrons. The van der Waals surface area contributed by atoms with Gasteiger partial charge in [0.25, 0.3) is 0 Å². The van der Waals surface area contributed by atoms with Crippen LogP contribution in [0.25, 0.3) is 0 Å². The molecule has 1 saturated carbocycles. The van der Waals surface area contributed by atoms with Crippen molar-refractivity contribution in [1.29, 1.82) is 0 Å². The highest BCUT2D eigenvalue weighted by Crippen LogP contribution is 2.48. The van der Waals surface area contributed by atoms with E-state index in [2.05, 4.69) is 21.7 Å². The SMILES string of the molecule is CN=C(NCC1(c2cccc(Cl)c2)CC1)NC(C)CCS(C)(=O)=O.I. The molecule has 8 heteroatoms. The van der Waals surface area contributed by atoms with E-state index in [0.717, 1.165) is 24.4 Å². The van der Waals surface area contributed by atoms with E-state index in [4.69, 9.17) is 11.6 Å². The molecule has 1 aromatic rings. The second kappa shape index (κ2) is 9.41. The number of hydrogen-bond donors (Lipinski definition) is 2. The molecular formula is C17H27ClIN3O2S. The Morgan fingerprint density at radius 1 is 1.40 bits per heavy atom. The summed E-state index contributed by atoms with van der Waals surface area (Å²) in [6.45, 7) is 2.74. The maximum absolute atomic E-state index is 11.3. The molecule has 1 fully saturated rings. The minimum absolute atomic E-state index is 0. The molecule has 1 aromatic carbocycles. The molecule has 2 N–H and O–H groups in total. The van der Waals surface area contributed by atoms with Gasteiger partial charge in [0.2, 0.25) is 0 Å². The number of rotatable bonds is 7. The van der Waals surface area contributed by atoms with Crippen molar-refractivity contribution in [3.63, 3.8) is 0 Å². The maximum atomic E-state index is 11.3. The fourth-order valence-electron chi connectivity index (χ4n) is 2.68. The van der Waals surface area contributed by atoms with Crippen LogP contribution in [0.4, 0.5) is 0 Å². The fourth-order valence-corrected chi connectivity index (χ4v) is 3.65. The Balaban J connectivity index is 0.00000312. The lowest BCUT2D eigenvalue weighted by molar-refractivity contribution is 0.576. The van der Waals surface area contributed by atoms with Gasteiger partial charge in [-0.2, -0.15) is 0 Å². The Hall–Kier alpha value is -0.540. The van der Waals surface area contributed by atoms with Gasteiger partial charge in [0.05, 0.1) is 5.75 Å². The van der Waals surface area contributed by atoms with Crippen molar-refractivity contribution in [1.82, 2.24) is 10.6 Å². The van der Waals surface area contributed by atoms with E-state index in [1.54, 1.807) is 7.05 Å². The Morgan fingerprint density at radius 2 is 2.08 bits per heavy atom. The standard InChI is InChI=1S/C17H26ClN3O2S.HI/c1-13(7-10-24(3,22)23)21-16(19-2)20-12-17(8-9-17)14-5-4-6-15(18)11-14;/h4-6,11,13H,7-10,12H2,1-3H3,(H2,19,20,21);1H. The van der Waals surface area contributed by atoms with E-state index in [1.165, 1.54) is 11.8 Å². The normalized spacial score (nSPS) is 17.4. The minimum atomic E-state index is -2.94. The highest BCUT2D eigenvalue weighted by molar-refractivity contribution is 14.0. The highest BCUT2D eigenvalue weighted by atomic mass is 127. The quantitative estimate of drug-likeness (QED) is 0.344. The molecule has 1 unspecified atom stereocenters. The summed E-state index contributed by atoms with van der Waals surface area (Å²) in [5.74, 6) is 0.870. The maximum Gasteiger partial charge on any atom is 0.191 e. The largest absolute Gasteiger partial charge is 0.356 e. The van der Waals surface area contributed by atoms with Crippen LogP contribution in [0.1, 0.15) is 31.7 Å². The summed E-state index contributed by atoms with van der Waals surface area (Å²) >= 11 is 6.10. The van der Waals surface area contributed by atoms with Crippen LogP contribution in [0.15, 0.2) is 29.3 Å². The highest BCUT2D eigenvalue weighted by Gasteiger charge is 2.44. The molecule has 1 aliphatic rings. The van der Waals surface area contributed by atoms with Crippen LogP contribution in [0.3, 0.4) is 0 Å². The van der Waals surface area contributed by atoms with E-state index in [-0.39, 0.29) is 41.2 Å². The third-order valence-corrected chi connectivity index (χ3v) is 5.63. The number of benzene rings is 1. The number of hydrogen-bond acceptors (Lipinski definition) is 3. The topological polar surface area (TPSA) is 70.6 Å². The van der Waals surface area contributed by atoms with Crippen molar-refractivity contribution in [3.8, 4) is 0 Å². The van der Waals surface area contributed by atoms with Crippen molar-refractivity contribution in [2.75, 3.05) is 25.6 Å². The first kappa shape index (κ1) is 22.5. The Morgan fingerprint density at radius 3 is 2.60 bits per heavy atom. The van der Waals surface area contributed by atoms with Crippen molar-refractivity contribution in [3.05, 3.63) is 34.9 Å². The lowest BCUT2D eigenvalue weighted by Gasteiger charge is -2.21. The van der Waals surface area contributed by atoms with E-state index in [9.17, 15) is 8.42 Å². The Kier molecular flexibility index (Phi) is 8.47. The van der Waals surface area contributed by atoms with Gasteiger partial charge in [-0.1, -0.05) is 23.7 Å². The zero-order valence-corrected chi connectivity index (χ0v) is 18.8. The van der Waals surface area contributed by atoms with Crippen LogP contribution in [0.5, 0.6) is 0 Å². The molecule has 1 atom stereocenters. The summed E-state index contributed by atoms with van der Waals surface area (Å²) in [5, 5.41) is 7.38. The van der Waals surface area contributed by atoms with Crippen molar-refractivity contribution in [2.45, 2.75) is 37.6 Å². The van der Waals surface area contributed by atoms with Crippen LogP contribution < -0.4 is 10.6 Å². The Bertz CT molecular complexity index is 706. The van der Waals surface area contributed by atoms with Crippen molar-refractivity contribution in [2.24, 2.45) is 4.99 Å². The zero-order valence-electron chi connectivity index (χ0n) is 14.9. The number of aliphatic imine (C=N–C) groups is 1. The second-order valence-corrected chi connectivity index (χ2v) is 9.38. The molecular weight excluding hydrogens is 473 g/mol. The van der Waals surface area contributed by atoms with E-state index in [1.807, 2.05) is 25.1 Å².